The lowest BCUT2D eigenvalue weighted by atomic mass is 9.87. The fourth-order valence-electron chi connectivity index (χ4n) is 3.15. The summed E-state index contributed by atoms with van der Waals surface area (Å²) < 4.78 is 1.63. The zero-order valence-electron chi connectivity index (χ0n) is 13.7. The number of carbonyl (C=O) groups is 1. The van der Waals surface area contributed by atoms with Gasteiger partial charge in [-0.05, 0) is 37.7 Å². The Kier molecular flexibility index (Phi) is 3.62. The maximum absolute atomic E-state index is 12.8. The number of aryl methyl sites for hydroxylation is 1. The number of carbonyl (C=O) groups excluding carboxylic acids is 1. The van der Waals surface area contributed by atoms with Gasteiger partial charge >= 0.3 is 0 Å². The molecule has 2 aromatic rings. The number of likely N-dealkylation sites (tertiary alicyclic amines) is 1. The number of fused-ring (bicyclic) bond motifs is 1. The van der Waals surface area contributed by atoms with Crippen molar-refractivity contribution >= 4 is 11.7 Å². The van der Waals surface area contributed by atoms with Gasteiger partial charge in [0, 0.05) is 24.5 Å². The SMILES string of the molecule is Cc1ccnc2nc(C(=O)N3CCC[C@H]3CC(C)(C)C)nn12. The molecule has 3 rings (SSSR count). The van der Waals surface area contributed by atoms with Crippen LogP contribution in [0.1, 0.15) is 56.3 Å². The molecule has 0 radical (unpaired) electrons. The molecule has 3 heterocycles. The molecule has 0 N–H and O–H groups in total. The minimum Gasteiger partial charge on any atom is -0.333 e. The molecule has 6 nitrogen and oxygen atoms in total. The molecule has 0 bridgehead atoms. The number of amides is 1. The van der Waals surface area contributed by atoms with Gasteiger partial charge in [-0.3, -0.25) is 4.79 Å². The number of aromatic nitrogens is 4. The minimum atomic E-state index is -0.0725. The second-order valence-electron chi connectivity index (χ2n) is 7.29. The molecule has 1 amide bonds. The first-order chi connectivity index (χ1) is 10.3. The highest BCUT2D eigenvalue weighted by atomic mass is 16.2. The second-order valence-corrected chi connectivity index (χ2v) is 7.29. The van der Waals surface area contributed by atoms with E-state index in [4.69, 9.17) is 0 Å². The largest absolute Gasteiger partial charge is 0.333 e. The summed E-state index contributed by atoms with van der Waals surface area (Å²) in [6.45, 7) is 9.36. The Morgan fingerprint density at radius 2 is 2.18 bits per heavy atom. The van der Waals surface area contributed by atoms with Gasteiger partial charge in [0.2, 0.25) is 5.82 Å². The lowest BCUT2D eigenvalue weighted by Gasteiger charge is -2.29. The standard InChI is InChI=1S/C16H23N5O/c1-11-7-8-17-15-18-13(19-21(11)15)14(22)20-9-5-6-12(20)10-16(2,3)4/h7-8,12H,5-6,9-10H2,1-4H3/t12-/m0/s1. The van der Waals surface area contributed by atoms with E-state index < -0.39 is 0 Å². The van der Waals surface area contributed by atoms with Crippen LogP contribution in [0.15, 0.2) is 12.3 Å². The van der Waals surface area contributed by atoms with E-state index in [1.165, 1.54) is 0 Å². The summed E-state index contributed by atoms with van der Waals surface area (Å²) in [5.74, 6) is 0.661. The Balaban J connectivity index is 1.87. The summed E-state index contributed by atoms with van der Waals surface area (Å²) in [5.41, 5.74) is 1.13. The molecule has 118 valence electrons. The molecule has 0 saturated carbocycles. The topological polar surface area (TPSA) is 63.4 Å². The average molecular weight is 301 g/mol. The van der Waals surface area contributed by atoms with Crippen LogP contribution in [-0.2, 0) is 0 Å². The van der Waals surface area contributed by atoms with E-state index >= 15 is 0 Å². The molecule has 1 aliphatic rings. The normalized spacial score (nSPS) is 19.1. The molecule has 1 aliphatic heterocycles. The predicted octanol–water partition coefficient (Wildman–Crippen LogP) is 2.47. The van der Waals surface area contributed by atoms with Gasteiger partial charge < -0.3 is 4.90 Å². The van der Waals surface area contributed by atoms with Crippen LogP contribution in [0.4, 0.5) is 0 Å². The first kappa shape index (κ1) is 14.9. The monoisotopic (exact) mass is 301 g/mol. The van der Waals surface area contributed by atoms with E-state index in [2.05, 4.69) is 35.8 Å². The highest BCUT2D eigenvalue weighted by molar-refractivity contribution is 5.91. The maximum Gasteiger partial charge on any atom is 0.293 e. The van der Waals surface area contributed by atoms with Crippen molar-refractivity contribution in [3.8, 4) is 0 Å². The summed E-state index contributed by atoms with van der Waals surface area (Å²) in [4.78, 5) is 23.2. The van der Waals surface area contributed by atoms with Gasteiger partial charge in [-0.15, -0.1) is 5.10 Å². The van der Waals surface area contributed by atoms with Gasteiger partial charge in [-0.25, -0.2) is 9.50 Å². The van der Waals surface area contributed by atoms with E-state index in [9.17, 15) is 4.79 Å². The predicted molar refractivity (Wildman–Crippen MR) is 83.6 cm³/mol. The molecule has 0 aliphatic carbocycles. The quantitative estimate of drug-likeness (QED) is 0.855. The molecule has 6 heteroatoms. The van der Waals surface area contributed by atoms with E-state index in [0.717, 1.165) is 31.5 Å². The van der Waals surface area contributed by atoms with Crippen molar-refractivity contribution < 1.29 is 4.79 Å². The highest BCUT2D eigenvalue weighted by Crippen LogP contribution is 2.30. The zero-order chi connectivity index (χ0) is 15.9. The van der Waals surface area contributed by atoms with E-state index in [-0.39, 0.29) is 23.2 Å². The Morgan fingerprint density at radius 1 is 1.41 bits per heavy atom. The smallest absolute Gasteiger partial charge is 0.293 e. The summed E-state index contributed by atoms with van der Waals surface area (Å²) in [7, 11) is 0. The third kappa shape index (κ3) is 2.82. The van der Waals surface area contributed by atoms with Crippen LogP contribution in [-0.4, -0.2) is 43.0 Å². The van der Waals surface area contributed by atoms with Crippen LogP contribution in [0.2, 0.25) is 0 Å². The molecular weight excluding hydrogens is 278 g/mol. The molecule has 0 spiro atoms. The van der Waals surface area contributed by atoms with Crippen molar-refractivity contribution in [3.05, 3.63) is 23.8 Å². The van der Waals surface area contributed by atoms with Crippen molar-refractivity contribution in [1.82, 2.24) is 24.5 Å². The number of nitrogens with zero attached hydrogens (tertiary/aromatic N) is 5. The summed E-state index contributed by atoms with van der Waals surface area (Å²) in [6, 6.07) is 2.14. The second kappa shape index (κ2) is 5.34. The Hall–Kier alpha value is -1.98. The van der Waals surface area contributed by atoms with Gasteiger partial charge in [0.1, 0.15) is 0 Å². The molecule has 1 atom stereocenters. The van der Waals surface area contributed by atoms with Crippen molar-refractivity contribution in [2.75, 3.05) is 6.54 Å². The van der Waals surface area contributed by atoms with Crippen molar-refractivity contribution in [3.63, 3.8) is 0 Å². The third-order valence-electron chi connectivity index (χ3n) is 4.11. The van der Waals surface area contributed by atoms with Crippen LogP contribution < -0.4 is 0 Å². The zero-order valence-corrected chi connectivity index (χ0v) is 13.7. The molecular formula is C16H23N5O. The van der Waals surface area contributed by atoms with E-state index in [1.807, 2.05) is 17.9 Å². The molecule has 1 saturated heterocycles. The van der Waals surface area contributed by atoms with Crippen LogP contribution in [0, 0.1) is 12.3 Å². The van der Waals surface area contributed by atoms with Gasteiger partial charge in [0.25, 0.3) is 11.7 Å². The first-order valence-electron chi connectivity index (χ1n) is 7.84. The molecule has 0 aromatic carbocycles. The van der Waals surface area contributed by atoms with Crippen LogP contribution in [0.25, 0.3) is 5.78 Å². The van der Waals surface area contributed by atoms with Gasteiger partial charge in [0.15, 0.2) is 0 Å². The van der Waals surface area contributed by atoms with E-state index in [0.29, 0.717) is 5.78 Å². The number of hydrogen-bond donors (Lipinski definition) is 0. The molecule has 22 heavy (non-hydrogen) atoms. The van der Waals surface area contributed by atoms with Crippen molar-refractivity contribution in [1.29, 1.82) is 0 Å². The Morgan fingerprint density at radius 3 is 2.86 bits per heavy atom. The van der Waals surface area contributed by atoms with Crippen LogP contribution >= 0.6 is 0 Å². The Labute approximate surface area is 130 Å². The van der Waals surface area contributed by atoms with Gasteiger partial charge in [0.05, 0.1) is 0 Å². The van der Waals surface area contributed by atoms with Crippen molar-refractivity contribution in [2.45, 2.75) is 53.0 Å². The molecule has 2 aromatic heterocycles. The lowest BCUT2D eigenvalue weighted by Crippen LogP contribution is -2.38. The lowest BCUT2D eigenvalue weighted by molar-refractivity contribution is 0.0692. The van der Waals surface area contributed by atoms with Gasteiger partial charge in [-0.1, -0.05) is 20.8 Å². The van der Waals surface area contributed by atoms with Crippen LogP contribution in [0.3, 0.4) is 0 Å². The number of hydrogen-bond acceptors (Lipinski definition) is 4. The van der Waals surface area contributed by atoms with Crippen molar-refractivity contribution in [2.24, 2.45) is 5.41 Å². The molecule has 1 fully saturated rings. The van der Waals surface area contributed by atoms with Gasteiger partial charge in [-0.2, -0.15) is 4.98 Å². The van der Waals surface area contributed by atoms with Crippen LogP contribution in [0.5, 0.6) is 0 Å². The molecule has 0 unspecified atom stereocenters. The third-order valence-corrected chi connectivity index (χ3v) is 4.11. The fraction of sp³-hybridized carbons (Fsp3) is 0.625. The minimum absolute atomic E-state index is 0.0725. The maximum atomic E-state index is 12.8. The summed E-state index contributed by atoms with van der Waals surface area (Å²) in [6.07, 6.45) is 4.81. The van der Waals surface area contributed by atoms with E-state index in [1.54, 1.807) is 10.7 Å². The first-order valence-corrected chi connectivity index (χ1v) is 7.84. The Bertz CT molecular complexity index is 700. The fourth-order valence-corrected chi connectivity index (χ4v) is 3.15. The average Bonchev–Trinajstić information content (AvgIpc) is 3.03. The number of rotatable bonds is 2. The highest BCUT2D eigenvalue weighted by Gasteiger charge is 2.34. The summed E-state index contributed by atoms with van der Waals surface area (Å²) >= 11 is 0. The summed E-state index contributed by atoms with van der Waals surface area (Å²) in [5, 5.41) is 4.34.